The van der Waals surface area contributed by atoms with Gasteiger partial charge in [0.1, 0.15) is 0 Å². The number of rotatable bonds is 4. The molecule has 0 rings (SSSR count). The summed E-state index contributed by atoms with van der Waals surface area (Å²) in [5.74, 6) is -0.603. The predicted molar refractivity (Wildman–Crippen MR) is 44.2 cm³/mol. The van der Waals surface area contributed by atoms with Crippen LogP contribution in [0.5, 0.6) is 0 Å². The smallest absolute Gasteiger partial charge is 0.466 e. The van der Waals surface area contributed by atoms with Crippen LogP contribution in [0.25, 0.3) is 0 Å². The minimum absolute atomic E-state index is 0.284. The van der Waals surface area contributed by atoms with Crippen LogP contribution in [-0.2, 0) is 19.0 Å². The Morgan fingerprint density at radius 1 is 1.38 bits per heavy atom. The quantitative estimate of drug-likeness (QED) is 0.621. The molecule has 13 heavy (non-hydrogen) atoms. The molecule has 0 N–H and O–H groups in total. The minimum Gasteiger partial charge on any atom is -0.466 e. The Labute approximate surface area is 77.0 Å². The molecule has 0 radical (unpaired) electrons. The fourth-order valence-corrected chi connectivity index (χ4v) is 0.578. The Morgan fingerprint density at radius 3 is 2.46 bits per heavy atom. The van der Waals surface area contributed by atoms with E-state index < -0.39 is 18.2 Å². The van der Waals surface area contributed by atoms with E-state index in [-0.39, 0.29) is 6.61 Å². The third kappa shape index (κ3) is 5.05. The number of methoxy groups -OCH3 is 1. The number of carbonyl (C=O) groups is 2. The summed E-state index contributed by atoms with van der Waals surface area (Å²) < 4.78 is 13.5. The summed E-state index contributed by atoms with van der Waals surface area (Å²) in [5, 5.41) is 0. The average molecular weight is 190 g/mol. The monoisotopic (exact) mass is 190 g/mol. The highest BCUT2D eigenvalue weighted by Crippen LogP contribution is 1.97. The van der Waals surface area contributed by atoms with Gasteiger partial charge in [0.25, 0.3) is 0 Å². The highest BCUT2D eigenvalue weighted by Gasteiger charge is 2.18. The van der Waals surface area contributed by atoms with Crippen molar-refractivity contribution >= 4 is 12.1 Å². The zero-order valence-corrected chi connectivity index (χ0v) is 8.03. The maximum absolute atomic E-state index is 10.8. The lowest BCUT2D eigenvalue weighted by molar-refractivity contribution is -0.150. The first-order chi connectivity index (χ1) is 6.11. The van der Waals surface area contributed by atoms with Gasteiger partial charge < -0.3 is 14.2 Å². The van der Waals surface area contributed by atoms with Gasteiger partial charge in [-0.05, 0) is 13.3 Å². The summed E-state index contributed by atoms with van der Waals surface area (Å²) in [6, 6.07) is 0. The molecule has 0 saturated heterocycles. The van der Waals surface area contributed by atoms with E-state index in [0.29, 0.717) is 6.42 Å². The van der Waals surface area contributed by atoms with E-state index >= 15 is 0 Å². The topological polar surface area (TPSA) is 61.8 Å². The summed E-state index contributed by atoms with van der Waals surface area (Å²) in [6.45, 7) is 3.56. The van der Waals surface area contributed by atoms with Gasteiger partial charge >= 0.3 is 12.1 Å². The Kier molecular flexibility index (Phi) is 5.67. The van der Waals surface area contributed by atoms with Crippen molar-refractivity contribution in [2.24, 2.45) is 0 Å². The molecule has 0 aliphatic rings. The molecule has 5 nitrogen and oxygen atoms in total. The van der Waals surface area contributed by atoms with Crippen molar-refractivity contribution in [1.82, 2.24) is 0 Å². The molecule has 0 spiro atoms. The van der Waals surface area contributed by atoms with Gasteiger partial charge in [-0.15, -0.1) is 0 Å². The first-order valence-corrected chi connectivity index (χ1v) is 4.03. The molecule has 5 heteroatoms. The van der Waals surface area contributed by atoms with Crippen LogP contribution in [0.1, 0.15) is 20.3 Å². The van der Waals surface area contributed by atoms with E-state index in [9.17, 15) is 9.59 Å². The van der Waals surface area contributed by atoms with Gasteiger partial charge in [-0.1, -0.05) is 6.92 Å². The van der Waals surface area contributed by atoms with Gasteiger partial charge in [0.15, 0.2) is 6.10 Å². The molecule has 0 saturated carbocycles. The Morgan fingerprint density at radius 2 is 2.00 bits per heavy atom. The molecule has 0 aromatic rings. The lowest BCUT2D eigenvalue weighted by atomic mass is 10.4. The van der Waals surface area contributed by atoms with Gasteiger partial charge in [0.2, 0.25) is 0 Å². The molecule has 0 aromatic carbocycles. The summed E-state index contributed by atoms with van der Waals surface area (Å²) in [6.07, 6.45) is -1.06. The van der Waals surface area contributed by atoms with Crippen molar-refractivity contribution in [3.63, 3.8) is 0 Å². The van der Waals surface area contributed by atoms with Crippen LogP contribution in [0.3, 0.4) is 0 Å². The number of esters is 1. The molecule has 0 amide bonds. The van der Waals surface area contributed by atoms with Crippen molar-refractivity contribution in [2.75, 3.05) is 13.7 Å². The third-order valence-electron chi connectivity index (χ3n) is 1.23. The second-order valence-corrected chi connectivity index (χ2v) is 2.38. The van der Waals surface area contributed by atoms with Crippen LogP contribution in [0, 0.1) is 0 Å². The van der Waals surface area contributed by atoms with Crippen molar-refractivity contribution < 1.29 is 23.8 Å². The van der Waals surface area contributed by atoms with Gasteiger partial charge in [0.05, 0.1) is 13.7 Å². The van der Waals surface area contributed by atoms with Gasteiger partial charge in [-0.3, -0.25) is 0 Å². The standard InChI is InChI=1S/C8H14O5/c1-4-5-12-8(10)13-6(2)7(9)11-3/h6H,4-5H2,1-3H3/t6-/m0/s1. The first kappa shape index (κ1) is 11.7. The highest BCUT2D eigenvalue weighted by atomic mass is 16.7. The number of hydrogen-bond acceptors (Lipinski definition) is 5. The second kappa shape index (κ2) is 6.28. The molecule has 0 bridgehead atoms. The van der Waals surface area contributed by atoms with Crippen LogP contribution in [-0.4, -0.2) is 31.9 Å². The SMILES string of the molecule is CCCOC(=O)O[C@@H](C)C(=O)OC. The molecule has 0 aliphatic heterocycles. The van der Waals surface area contributed by atoms with Crippen LogP contribution in [0.15, 0.2) is 0 Å². The van der Waals surface area contributed by atoms with Crippen LogP contribution < -0.4 is 0 Å². The van der Waals surface area contributed by atoms with Crippen molar-refractivity contribution in [3.05, 3.63) is 0 Å². The lowest BCUT2D eigenvalue weighted by Crippen LogP contribution is -2.25. The second-order valence-electron chi connectivity index (χ2n) is 2.38. The largest absolute Gasteiger partial charge is 0.509 e. The maximum Gasteiger partial charge on any atom is 0.509 e. The normalized spacial score (nSPS) is 11.6. The van der Waals surface area contributed by atoms with Gasteiger partial charge in [-0.25, -0.2) is 9.59 Å². The third-order valence-corrected chi connectivity index (χ3v) is 1.23. The van der Waals surface area contributed by atoms with E-state index in [1.54, 1.807) is 0 Å². The molecule has 76 valence electrons. The minimum atomic E-state index is -0.922. The van der Waals surface area contributed by atoms with Crippen LogP contribution in [0.4, 0.5) is 4.79 Å². The lowest BCUT2D eigenvalue weighted by Gasteiger charge is -2.10. The molecular formula is C8H14O5. The predicted octanol–water partition coefficient (Wildman–Crippen LogP) is 1.11. The Balaban J connectivity index is 3.71. The van der Waals surface area contributed by atoms with Crippen molar-refractivity contribution in [1.29, 1.82) is 0 Å². The van der Waals surface area contributed by atoms with Crippen LogP contribution in [0.2, 0.25) is 0 Å². The Bertz CT molecular complexity index is 177. The van der Waals surface area contributed by atoms with E-state index in [4.69, 9.17) is 0 Å². The zero-order valence-electron chi connectivity index (χ0n) is 8.03. The highest BCUT2D eigenvalue weighted by molar-refractivity contribution is 5.76. The van der Waals surface area contributed by atoms with E-state index in [2.05, 4.69) is 14.2 Å². The zero-order chi connectivity index (χ0) is 10.3. The van der Waals surface area contributed by atoms with Gasteiger partial charge in [0, 0.05) is 0 Å². The van der Waals surface area contributed by atoms with Crippen molar-refractivity contribution in [3.8, 4) is 0 Å². The maximum atomic E-state index is 10.8. The van der Waals surface area contributed by atoms with Gasteiger partial charge in [-0.2, -0.15) is 0 Å². The average Bonchev–Trinajstić information content (AvgIpc) is 2.13. The summed E-state index contributed by atoms with van der Waals surface area (Å²) in [5.41, 5.74) is 0. The summed E-state index contributed by atoms with van der Waals surface area (Å²) in [4.78, 5) is 21.5. The fraction of sp³-hybridized carbons (Fsp3) is 0.750. The molecule has 0 fully saturated rings. The molecule has 0 aromatic heterocycles. The summed E-state index contributed by atoms with van der Waals surface area (Å²) >= 11 is 0. The molecule has 1 atom stereocenters. The molecule has 0 unspecified atom stereocenters. The number of hydrogen-bond donors (Lipinski definition) is 0. The van der Waals surface area contributed by atoms with Crippen LogP contribution >= 0.6 is 0 Å². The summed E-state index contributed by atoms with van der Waals surface area (Å²) in [7, 11) is 1.22. The molecule has 0 aliphatic carbocycles. The van der Waals surface area contributed by atoms with Crippen molar-refractivity contribution in [2.45, 2.75) is 26.4 Å². The number of ether oxygens (including phenoxy) is 3. The van der Waals surface area contributed by atoms with E-state index in [1.165, 1.54) is 14.0 Å². The molecule has 0 heterocycles. The fourth-order valence-electron chi connectivity index (χ4n) is 0.578. The Hall–Kier alpha value is -1.26. The number of carbonyl (C=O) groups excluding carboxylic acids is 2. The first-order valence-electron chi connectivity index (χ1n) is 4.03. The van der Waals surface area contributed by atoms with E-state index in [0.717, 1.165) is 0 Å². The molecular weight excluding hydrogens is 176 g/mol. The van der Waals surface area contributed by atoms with E-state index in [1.807, 2.05) is 6.92 Å².